The lowest BCUT2D eigenvalue weighted by molar-refractivity contribution is -0.161. The van der Waals surface area contributed by atoms with E-state index in [-0.39, 0.29) is 6.23 Å². The maximum atomic E-state index is 11.7. The monoisotopic (exact) mass is 273 g/mol. The lowest BCUT2D eigenvalue weighted by Gasteiger charge is -2.27. The van der Waals surface area contributed by atoms with Crippen LogP contribution in [0.25, 0.3) is 0 Å². The summed E-state index contributed by atoms with van der Waals surface area (Å²) in [5.74, 6) is -1.10. The van der Waals surface area contributed by atoms with Crippen molar-refractivity contribution in [1.29, 1.82) is 0 Å². The van der Waals surface area contributed by atoms with Crippen molar-refractivity contribution in [2.75, 3.05) is 20.4 Å². The van der Waals surface area contributed by atoms with Crippen LogP contribution in [0.3, 0.4) is 0 Å². The van der Waals surface area contributed by atoms with Gasteiger partial charge in [-0.3, -0.25) is 9.69 Å². The zero-order chi connectivity index (χ0) is 14.4. The van der Waals surface area contributed by atoms with Crippen molar-refractivity contribution >= 4 is 11.9 Å². The lowest BCUT2D eigenvalue weighted by Crippen LogP contribution is -2.43. The minimum absolute atomic E-state index is 0.298. The predicted octanol–water partition coefficient (Wildman–Crippen LogP) is -0.356. The molecule has 0 aromatic carbocycles. The molecule has 108 valence electrons. The number of rotatable bonds is 6. The van der Waals surface area contributed by atoms with E-state index in [0.717, 1.165) is 6.08 Å². The Labute approximate surface area is 111 Å². The summed E-state index contributed by atoms with van der Waals surface area (Å²) in [7, 11) is 1.52. The molecule has 0 aromatic rings. The Hall–Kier alpha value is -1.44. The first-order chi connectivity index (χ1) is 9.03. The van der Waals surface area contributed by atoms with Gasteiger partial charge in [0.1, 0.15) is 18.4 Å². The summed E-state index contributed by atoms with van der Waals surface area (Å²) < 4.78 is 14.9. The third-order valence-electron chi connectivity index (χ3n) is 3.04. The van der Waals surface area contributed by atoms with E-state index in [9.17, 15) is 9.59 Å². The number of esters is 2. The summed E-state index contributed by atoms with van der Waals surface area (Å²) >= 11 is 0. The fourth-order valence-corrected chi connectivity index (χ4v) is 2.05. The summed E-state index contributed by atoms with van der Waals surface area (Å²) in [4.78, 5) is 24.6. The molecule has 0 saturated carbocycles. The van der Waals surface area contributed by atoms with Crippen molar-refractivity contribution in [2.24, 2.45) is 0 Å². The molecule has 0 radical (unpaired) electrons. The number of aliphatic hydroxyl groups is 1. The van der Waals surface area contributed by atoms with Crippen LogP contribution in [0.2, 0.25) is 0 Å². The summed E-state index contributed by atoms with van der Waals surface area (Å²) in [6.07, 6.45) is 0.610. The second-order valence-corrected chi connectivity index (χ2v) is 4.14. The zero-order valence-corrected chi connectivity index (χ0v) is 11.1. The highest BCUT2D eigenvalue weighted by molar-refractivity contribution is 5.81. The van der Waals surface area contributed by atoms with E-state index in [0.29, 0.717) is 13.0 Å². The molecule has 1 aliphatic heterocycles. The number of hydrogen-bond acceptors (Lipinski definition) is 7. The Kier molecular flexibility index (Phi) is 5.94. The summed E-state index contributed by atoms with van der Waals surface area (Å²) in [6.45, 7) is 4.78. The fraction of sp³-hybridized carbons (Fsp3) is 0.667. The molecule has 0 bridgehead atoms. The van der Waals surface area contributed by atoms with E-state index in [1.165, 1.54) is 7.11 Å². The van der Waals surface area contributed by atoms with Gasteiger partial charge < -0.3 is 19.3 Å². The minimum Gasteiger partial charge on any atom is -0.458 e. The van der Waals surface area contributed by atoms with Crippen LogP contribution >= 0.6 is 0 Å². The molecular formula is C12H19NO6. The number of methoxy groups -OCH3 is 1. The molecule has 7 heteroatoms. The molecule has 0 amide bonds. The second-order valence-electron chi connectivity index (χ2n) is 4.14. The van der Waals surface area contributed by atoms with Crippen LogP contribution in [0, 0.1) is 0 Å². The molecule has 1 aliphatic rings. The van der Waals surface area contributed by atoms with Gasteiger partial charge in [0.25, 0.3) is 0 Å². The van der Waals surface area contributed by atoms with Gasteiger partial charge >= 0.3 is 11.9 Å². The first kappa shape index (κ1) is 15.6. The molecule has 1 N–H and O–H groups in total. The Morgan fingerprint density at radius 3 is 2.79 bits per heavy atom. The van der Waals surface area contributed by atoms with Crippen LogP contribution in [0.5, 0.6) is 0 Å². The molecule has 1 fully saturated rings. The largest absolute Gasteiger partial charge is 0.458 e. The average Bonchev–Trinajstić information content (AvgIpc) is 2.81. The van der Waals surface area contributed by atoms with Gasteiger partial charge in [-0.1, -0.05) is 6.58 Å². The third kappa shape index (κ3) is 4.02. The average molecular weight is 273 g/mol. The quantitative estimate of drug-likeness (QED) is 0.402. The van der Waals surface area contributed by atoms with E-state index in [1.807, 2.05) is 0 Å². The molecule has 0 aromatic heterocycles. The lowest BCUT2D eigenvalue weighted by atomic mass is 10.2. The number of ether oxygens (including phenoxy) is 3. The van der Waals surface area contributed by atoms with Gasteiger partial charge in [-0.25, -0.2) is 4.79 Å². The Morgan fingerprint density at radius 1 is 1.58 bits per heavy atom. The smallest absolute Gasteiger partial charge is 0.330 e. The van der Waals surface area contributed by atoms with Gasteiger partial charge in [-0.15, -0.1) is 0 Å². The number of nitrogens with zero attached hydrogens (tertiary/aromatic N) is 1. The highest BCUT2D eigenvalue weighted by Gasteiger charge is 2.41. The SMILES string of the molecule is C=CC(=O)O[C@H]1C[C@@H](C(=O)OCO)N(C(C)OC)C1. The predicted molar refractivity (Wildman–Crippen MR) is 64.8 cm³/mol. The van der Waals surface area contributed by atoms with Crippen LogP contribution in [-0.4, -0.2) is 60.8 Å². The maximum Gasteiger partial charge on any atom is 0.330 e. The van der Waals surface area contributed by atoms with Crippen LogP contribution in [0.15, 0.2) is 12.7 Å². The Balaban J connectivity index is 2.72. The molecular weight excluding hydrogens is 254 g/mol. The highest BCUT2D eigenvalue weighted by Crippen LogP contribution is 2.24. The molecule has 19 heavy (non-hydrogen) atoms. The topological polar surface area (TPSA) is 85.3 Å². The first-order valence-corrected chi connectivity index (χ1v) is 5.92. The van der Waals surface area contributed by atoms with Crippen molar-refractivity contribution in [1.82, 2.24) is 4.90 Å². The van der Waals surface area contributed by atoms with Crippen LogP contribution in [0.4, 0.5) is 0 Å². The second kappa shape index (κ2) is 7.22. The standard InChI is InChI=1S/C12H19NO6/c1-4-11(15)19-9-5-10(12(16)18-7-14)13(6-9)8(2)17-3/h4,8-10,14H,1,5-7H2,2-3H3/t8?,9-,10-/m0/s1. The van der Waals surface area contributed by atoms with E-state index < -0.39 is 30.9 Å². The Morgan fingerprint density at radius 2 is 2.26 bits per heavy atom. The fourth-order valence-electron chi connectivity index (χ4n) is 2.05. The van der Waals surface area contributed by atoms with Crippen molar-refractivity contribution in [3.8, 4) is 0 Å². The third-order valence-corrected chi connectivity index (χ3v) is 3.04. The number of aliphatic hydroxyl groups excluding tert-OH is 1. The molecule has 0 spiro atoms. The van der Waals surface area contributed by atoms with Crippen LogP contribution in [0.1, 0.15) is 13.3 Å². The molecule has 0 aliphatic carbocycles. The van der Waals surface area contributed by atoms with Crippen molar-refractivity contribution in [3.63, 3.8) is 0 Å². The first-order valence-electron chi connectivity index (χ1n) is 5.92. The molecule has 1 unspecified atom stereocenters. The number of carbonyl (C=O) groups excluding carboxylic acids is 2. The number of hydrogen-bond donors (Lipinski definition) is 1. The minimum atomic E-state index is -0.679. The van der Waals surface area contributed by atoms with E-state index >= 15 is 0 Å². The molecule has 7 nitrogen and oxygen atoms in total. The van der Waals surface area contributed by atoms with Crippen LogP contribution < -0.4 is 0 Å². The van der Waals surface area contributed by atoms with Gasteiger partial charge in [0.2, 0.25) is 0 Å². The van der Waals surface area contributed by atoms with Gasteiger partial charge in [-0.05, 0) is 6.92 Å². The summed E-state index contributed by atoms with van der Waals surface area (Å²) in [6, 6.07) is -0.607. The maximum absolute atomic E-state index is 11.7. The van der Waals surface area contributed by atoms with E-state index in [1.54, 1.807) is 11.8 Å². The van der Waals surface area contributed by atoms with Crippen LogP contribution in [-0.2, 0) is 23.8 Å². The summed E-state index contributed by atoms with van der Waals surface area (Å²) in [5.41, 5.74) is 0. The molecule has 1 rings (SSSR count). The number of likely N-dealkylation sites (tertiary alicyclic amines) is 1. The molecule has 1 heterocycles. The molecule has 3 atom stereocenters. The normalized spacial score (nSPS) is 24.8. The van der Waals surface area contributed by atoms with Crippen molar-refractivity contribution in [3.05, 3.63) is 12.7 Å². The molecule has 1 saturated heterocycles. The van der Waals surface area contributed by atoms with E-state index in [4.69, 9.17) is 14.6 Å². The van der Waals surface area contributed by atoms with Gasteiger partial charge in [0, 0.05) is 26.2 Å². The van der Waals surface area contributed by atoms with Crippen molar-refractivity contribution < 1.29 is 28.9 Å². The van der Waals surface area contributed by atoms with Crippen molar-refractivity contribution in [2.45, 2.75) is 31.7 Å². The van der Waals surface area contributed by atoms with Gasteiger partial charge in [0.05, 0.1) is 0 Å². The highest BCUT2D eigenvalue weighted by atomic mass is 16.6. The van der Waals surface area contributed by atoms with Gasteiger partial charge in [0.15, 0.2) is 6.79 Å². The number of carbonyl (C=O) groups is 2. The van der Waals surface area contributed by atoms with Gasteiger partial charge in [-0.2, -0.15) is 0 Å². The Bertz CT molecular complexity index is 345. The summed E-state index contributed by atoms with van der Waals surface area (Å²) in [5, 5.41) is 8.64. The zero-order valence-electron chi connectivity index (χ0n) is 11.1. The van der Waals surface area contributed by atoms with E-state index in [2.05, 4.69) is 11.3 Å².